The lowest BCUT2D eigenvalue weighted by Crippen LogP contribution is -2.62. The molecule has 0 radical (unpaired) electrons. The molecule has 0 aromatic rings. The Labute approximate surface area is 149 Å². The summed E-state index contributed by atoms with van der Waals surface area (Å²) in [5.74, 6) is 1.71. The molecule has 0 aromatic carbocycles. The van der Waals surface area contributed by atoms with Crippen LogP contribution >= 0.6 is 0 Å². The van der Waals surface area contributed by atoms with Crippen LogP contribution < -0.4 is 0 Å². The normalized spacial score (nSPS) is 46.8. The molecule has 7 atom stereocenters. The molecule has 1 nitrogen and oxygen atoms in total. The Kier molecular flexibility index (Phi) is 3.58. The fraction of sp³-hybridized carbons (Fsp3) is 1.00. The number of rotatable bonds is 2. The Hall–Kier alpha value is -0.460. The van der Waals surface area contributed by atoms with E-state index in [1.54, 1.807) is 6.92 Å². The molecule has 0 saturated heterocycles. The summed E-state index contributed by atoms with van der Waals surface area (Å²) < 4.78 is 80.2. The van der Waals surface area contributed by atoms with E-state index >= 15 is 0 Å². The summed E-state index contributed by atoms with van der Waals surface area (Å²) >= 11 is 0. The Morgan fingerprint density at radius 2 is 1.27 bits per heavy atom. The molecule has 7 heteroatoms. The summed E-state index contributed by atoms with van der Waals surface area (Å²) in [5, 5.41) is 9.89. The van der Waals surface area contributed by atoms with Gasteiger partial charge in [-0.25, -0.2) is 0 Å². The van der Waals surface area contributed by atoms with E-state index in [1.165, 1.54) is 0 Å². The summed E-state index contributed by atoms with van der Waals surface area (Å²) in [6, 6.07) is 0. The largest absolute Gasteiger partial charge is 0.426 e. The van der Waals surface area contributed by atoms with Crippen molar-refractivity contribution in [3.05, 3.63) is 0 Å². The molecule has 0 amide bonds. The predicted molar refractivity (Wildman–Crippen MR) is 83.0 cm³/mol. The summed E-state index contributed by atoms with van der Waals surface area (Å²) in [6.45, 7) is 5.22. The SMILES string of the molecule is CC1(C)C2CC(C3C4CCC(C4)C32)C1(C)CC(O)(C(F)(F)F)C(F)(F)F. The molecular formula is C19H26F6O. The van der Waals surface area contributed by atoms with Crippen LogP contribution in [0.3, 0.4) is 0 Å². The highest BCUT2D eigenvalue weighted by Gasteiger charge is 2.78. The quantitative estimate of drug-likeness (QED) is 0.487. The molecule has 4 saturated carbocycles. The Morgan fingerprint density at radius 1 is 0.808 bits per heavy atom. The zero-order valence-corrected chi connectivity index (χ0v) is 15.2. The highest BCUT2D eigenvalue weighted by molar-refractivity contribution is 5.21. The number of halogens is 6. The Morgan fingerprint density at radius 3 is 1.73 bits per heavy atom. The van der Waals surface area contributed by atoms with Crippen molar-refractivity contribution in [2.45, 2.75) is 70.8 Å². The van der Waals surface area contributed by atoms with Gasteiger partial charge in [0.2, 0.25) is 0 Å². The first kappa shape index (κ1) is 18.9. The minimum absolute atomic E-state index is 0.156. The lowest BCUT2D eigenvalue weighted by molar-refractivity contribution is -0.380. The summed E-state index contributed by atoms with van der Waals surface area (Å²) in [4.78, 5) is 0. The summed E-state index contributed by atoms with van der Waals surface area (Å²) in [5.41, 5.74) is -6.50. The van der Waals surface area contributed by atoms with E-state index < -0.39 is 35.2 Å². The van der Waals surface area contributed by atoms with Crippen LogP contribution in [-0.2, 0) is 0 Å². The topological polar surface area (TPSA) is 20.2 Å². The number of hydrogen-bond acceptors (Lipinski definition) is 1. The first-order valence-corrected chi connectivity index (χ1v) is 9.51. The maximum atomic E-state index is 13.4. The minimum Gasteiger partial charge on any atom is -0.374 e. The molecule has 4 fully saturated rings. The van der Waals surface area contributed by atoms with Gasteiger partial charge in [-0.15, -0.1) is 0 Å². The maximum absolute atomic E-state index is 13.4. The fourth-order valence-electron chi connectivity index (χ4n) is 7.78. The van der Waals surface area contributed by atoms with E-state index in [2.05, 4.69) is 0 Å². The van der Waals surface area contributed by atoms with E-state index in [4.69, 9.17) is 0 Å². The standard InChI is InChI=1S/C19H26F6O/c1-15(2)11-7-12(14-10-5-4-9(6-10)13(11)14)16(15,3)8-17(26,18(20,21)22)19(23,24)25/h9-14,26H,4-8H2,1-3H3. The molecular weight excluding hydrogens is 358 g/mol. The highest BCUT2D eigenvalue weighted by Crippen LogP contribution is 2.79. The van der Waals surface area contributed by atoms with Gasteiger partial charge in [0, 0.05) is 6.42 Å². The van der Waals surface area contributed by atoms with E-state index in [0.717, 1.165) is 19.3 Å². The molecule has 4 bridgehead atoms. The molecule has 7 unspecified atom stereocenters. The van der Waals surface area contributed by atoms with Gasteiger partial charge in [0.05, 0.1) is 0 Å². The lowest BCUT2D eigenvalue weighted by Gasteiger charge is -2.56. The van der Waals surface area contributed by atoms with Crippen molar-refractivity contribution < 1.29 is 31.4 Å². The zero-order valence-electron chi connectivity index (χ0n) is 15.2. The van der Waals surface area contributed by atoms with Gasteiger partial charge < -0.3 is 5.11 Å². The van der Waals surface area contributed by atoms with Crippen LogP contribution in [0.4, 0.5) is 26.3 Å². The average molecular weight is 384 g/mol. The zero-order chi connectivity index (χ0) is 19.5. The Balaban J connectivity index is 1.74. The van der Waals surface area contributed by atoms with Crippen LogP contribution in [0.15, 0.2) is 0 Å². The lowest BCUT2D eigenvalue weighted by atomic mass is 9.49. The first-order valence-electron chi connectivity index (χ1n) is 9.51. The molecule has 4 rings (SSSR count). The van der Waals surface area contributed by atoms with Crippen LogP contribution in [-0.4, -0.2) is 23.1 Å². The van der Waals surface area contributed by atoms with Gasteiger partial charge in [0.25, 0.3) is 5.60 Å². The van der Waals surface area contributed by atoms with Gasteiger partial charge in [-0.2, -0.15) is 26.3 Å². The number of aliphatic hydroxyl groups is 1. The van der Waals surface area contributed by atoms with Gasteiger partial charge in [-0.1, -0.05) is 20.8 Å². The number of fused-ring (bicyclic) bond motifs is 9. The van der Waals surface area contributed by atoms with Gasteiger partial charge in [0.1, 0.15) is 0 Å². The molecule has 0 spiro atoms. The average Bonchev–Trinajstić information content (AvgIpc) is 3.17. The van der Waals surface area contributed by atoms with Gasteiger partial charge in [-0.05, 0) is 72.0 Å². The molecule has 26 heavy (non-hydrogen) atoms. The van der Waals surface area contributed by atoms with Crippen molar-refractivity contribution in [3.8, 4) is 0 Å². The molecule has 4 aliphatic carbocycles. The third-order valence-electron chi connectivity index (χ3n) is 9.26. The third kappa shape index (κ3) is 1.99. The summed E-state index contributed by atoms with van der Waals surface area (Å²) in [6.07, 6.45) is -8.78. The molecule has 0 aliphatic heterocycles. The molecule has 4 aliphatic rings. The van der Waals surface area contributed by atoms with Crippen molar-refractivity contribution in [1.82, 2.24) is 0 Å². The van der Waals surface area contributed by atoms with E-state index in [9.17, 15) is 31.4 Å². The monoisotopic (exact) mass is 384 g/mol. The van der Waals surface area contributed by atoms with Crippen LogP contribution in [0.25, 0.3) is 0 Å². The molecule has 0 heterocycles. The number of alkyl halides is 6. The van der Waals surface area contributed by atoms with Gasteiger partial charge >= 0.3 is 12.4 Å². The van der Waals surface area contributed by atoms with E-state index in [0.29, 0.717) is 24.2 Å². The van der Waals surface area contributed by atoms with Crippen molar-refractivity contribution in [1.29, 1.82) is 0 Å². The second-order valence-corrected chi connectivity index (χ2v) is 10.1. The number of hydrogen-bond donors (Lipinski definition) is 1. The second-order valence-electron chi connectivity index (χ2n) is 10.1. The van der Waals surface area contributed by atoms with Crippen molar-refractivity contribution >= 4 is 0 Å². The predicted octanol–water partition coefficient (Wildman–Crippen LogP) is 5.58. The van der Waals surface area contributed by atoms with Crippen LogP contribution in [0.2, 0.25) is 0 Å². The smallest absolute Gasteiger partial charge is 0.374 e. The first-order chi connectivity index (χ1) is 11.7. The van der Waals surface area contributed by atoms with Crippen LogP contribution in [0, 0.1) is 46.3 Å². The fourth-order valence-corrected chi connectivity index (χ4v) is 7.78. The third-order valence-corrected chi connectivity index (χ3v) is 9.26. The van der Waals surface area contributed by atoms with Crippen molar-refractivity contribution in [3.63, 3.8) is 0 Å². The molecule has 1 N–H and O–H groups in total. The summed E-state index contributed by atoms with van der Waals surface area (Å²) in [7, 11) is 0. The van der Waals surface area contributed by atoms with Gasteiger partial charge in [0.15, 0.2) is 0 Å². The van der Waals surface area contributed by atoms with Crippen LogP contribution in [0.1, 0.15) is 52.9 Å². The maximum Gasteiger partial charge on any atom is 0.426 e. The minimum atomic E-state index is -5.74. The molecule has 150 valence electrons. The molecule has 0 aromatic heterocycles. The van der Waals surface area contributed by atoms with Crippen molar-refractivity contribution in [2.24, 2.45) is 46.3 Å². The van der Waals surface area contributed by atoms with Crippen LogP contribution in [0.5, 0.6) is 0 Å². The second kappa shape index (κ2) is 4.93. The van der Waals surface area contributed by atoms with E-state index in [1.807, 2.05) is 13.8 Å². The Bertz CT molecular complexity index is 594. The van der Waals surface area contributed by atoms with Crippen molar-refractivity contribution in [2.75, 3.05) is 0 Å². The van der Waals surface area contributed by atoms with Gasteiger partial charge in [-0.3, -0.25) is 0 Å². The highest BCUT2D eigenvalue weighted by atomic mass is 19.4. The van der Waals surface area contributed by atoms with E-state index in [-0.39, 0.29) is 17.8 Å².